The lowest BCUT2D eigenvalue weighted by Crippen LogP contribution is -2.24. The maximum absolute atomic E-state index is 12.6. The zero-order valence-electron chi connectivity index (χ0n) is 8.87. The summed E-state index contributed by atoms with van der Waals surface area (Å²) in [5.74, 6) is -1.47. The van der Waals surface area contributed by atoms with Crippen molar-refractivity contribution < 1.29 is 23.1 Å². The van der Waals surface area contributed by atoms with Crippen molar-refractivity contribution in [3.05, 3.63) is 33.4 Å². The van der Waals surface area contributed by atoms with Gasteiger partial charge in [-0.15, -0.1) is 0 Å². The molecule has 0 saturated heterocycles. The summed E-state index contributed by atoms with van der Waals surface area (Å²) in [4.78, 5) is 25.6. The van der Waals surface area contributed by atoms with Gasteiger partial charge in [-0.2, -0.15) is 13.2 Å². The lowest BCUT2D eigenvalue weighted by molar-refractivity contribution is -0.141. The summed E-state index contributed by atoms with van der Waals surface area (Å²) >= 11 is 0. The first-order chi connectivity index (χ1) is 8.23. The van der Waals surface area contributed by atoms with E-state index in [-0.39, 0.29) is 0 Å². The van der Waals surface area contributed by atoms with Crippen molar-refractivity contribution in [1.82, 2.24) is 14.6 Å². The van der Waals surface area contributed by atoms with E-state index in [1.54, 1.807) is 0 Å². The lowest BCUT2D eigenvalue weighted by Gasteiger charge is -2.08. The number of nitrogens with zero attached hydrogens (tertiary/aromatic N) is 2. The molecule has 0 radical (unpaired) electrons. The molecule has 0 aliphatic carbocycles. The third-order valence-corrected chi connectivity index (χ3v) is 2.39. The molecule has 0 aliphatic heterocycles. The molecular weight excluding hydrogens is 255 g/mol. The van der Waals surface area contributed by atoms with Crippen LogP contribution in [-0.4, -0.2) is 25.7 Å². The zero-order chi connectivity index (χ0) is 13.7. The fraction of sp³-hybridized carbons (Fsp3) is 0.222. The van der Waals surface area contributed by atoms with Crippen molar-refractivity contribution >= 4 is 11.6 Å². The van der Waals surface area contributed by atoms with Crippen molar-refractivity contribution in [2.24, 2.45) is 0 Å². The predicted molar refractivity (Wildman–Crippen MR) is 52.5 cm³/mol. The Morgan fingerprint density at radius 2 is 2.11 bits per heavy atom. The smallest absolute Gasteiger partial charge is 0.433 e. The highest BCUT2D eigenvalue weighted by molar-refractivity contribution is 5.94. The van der Waals surface area contributed by atoms with Crippen LogP contribution in [0.15, 0.2) is 11.0 Å². The Kier molecular flexibility index (Phi) is 2.42. The Hall–Kier alpha value is -2.32. The van der Waals surface area contributed by atoms with Crippen LogP contribution in [0.3, 0.4) is 0 Å². The Morgan fingerprint density at radius 1 is 1.50 bits per heavy atom. The van der Waals surface area contributed by atoms with E-state index in [4.69, 9.17) is 5.11 Å². The summed E-state index contributed by atoms with van der Waals surface area (Å²) in [6.07, 6.45) is -3.91. The molecule has 0 spiro atoms. The number of alkyl halides is 3. The van der Waals surface area contributed by atoms with Crippen LogP contribution in [0.5, 0.6) is 0 Å². The predicted octanol–water partition coefficient (Wildman–Crippen LogP) is 1.05. The van der Waals surface area contributed by atoms with Gasteiger partial charge in [0.2, 0.25) is 0 Å². The van der Waals surface area contributed by atoms with E-state index in [9.17, 15) is 22.8 Å². The molecule has 0 amide bonds. The molecule has 0 aromatic carbocycles. The van der Waals surface area contributed by atoms with E-state index in [0.717, 1.165) is 13.1 Å². The number of H-pyrrole nitrogens is 1. The number of halogens is 3. The van der Waals surface area contributed by atoms with Gasteiger partial charge in [0, 0.05) is 11.8 Å². The standard InChI is InChI=1S/C9H6F3N3O3/c1-3-5(9(10,11)12)14-6-4(8(17)18)2-13-15(6)7(3)16/h2,13H,1H3,(H,17,18). The van der Waals surface area contributed by atoms with Crippen LogP contribution in [0.25, 0.3) is 5.65 Å². The van der Waals surface area contributed by atoms with E-state index < -0.39 is 40.2 Å². The van der Waals surface area contributed by atoms with E-state index in [0.29, 0.717) is 4.52 Å². The second-order valence-electron chi connectivity index (χ2n) is 3.54. The minimum absolute atomic E-state index is 0.502. The Bertz CT molecular complexity index is 699. The molecule has 18 heavy (non-hydrogen) atoms. The van der Waals surface area contributed by atoms with Gasteiger partial charge in [-0.1, -0.05) is 0 Å². The highest BCUT2D eigenvalue weighted by atomic mass is 19.4. The summed E-state index contributed by atoms with van der Waals surface area (Å²) in [5, 5.41) is 11.0. The Morgan fingerprint density at radius 3 is 2.61 bits per heavy atom. The van der Waals surface area contributed by atoms with Crippen LogP contribution >= 0.6 is 0 Å². The molecule has 6 nitrogen and oxygen atoms in total. The van der Waals surface area contributed by atoms with Crippen LogP contribution in [0.2, 0.25) is 0 Å². The number of nitrogens with one attached hydrogen (secondary N) is 1. The number of carboxylic acid groups (broad SMARTS) is 1. The molecule has 0 fully saturated rings. The van der Waals surface area contributed by atoms with Crippen LogP contribution in [-0.2, 0) is 6.18 Å². The number of carboxylic acids is 1. The van der Waals surface area contributed by atoms with Crippen LogP contribution in [0, 0.1) is 6.92 Å². The van der Waals surface area contributed by atoms with E-state index >= 15 is 0 Å². The maximum Gasteiger partial charge on any atom is 0.433 e. The summed E-state index contributed by atoms with van der Waals surface area (Å²) in [6.45, 7) is 0.978. The second-order valence-corrected chi connectivity index (χ2v) is 3.54. The molecule has 2 aromatic rings. The van der Waals surface area contributed by atoms with Gasteiger partial charge in [0.1, 0.15) is 5.56 Å². The fourth-order valence-electron chi connectivity index (χ4n) is 1.53. The van der Waals surface area contributed by atoms with Crippen molar-refractivity contribution in [3.8, 4) is 0 Å². The number of hydrogen-bond donors (Lipinski definition) is 2. The maximum atomic E-state index is 12.6. The molecule has 0 unspecified atom stereocenters. The molecule has 0 bridgehead atoms. The van der Waals surface area contributed by atoms with Gasteiger partial charge in [-0.3, -0.25) is 9.89 Å². The molecule has 2 heterocycles. The Labute approximate surface area is 96.7 Å². The first-order valence-electron chi connectivity index (χ1n) is 4.64. The van der Waals surface area contributed by atoms with Gasteiger partial charge in [0.15, 0.2) is 11.3 Å². The number of carbonyl (C=O) groups is 1. The number of rotatable bonds is 1. The van der Waals surface area contributed by atoms with Crippen LogP contribution in [0.1, 0.15) is 21.6 Å². The molecule has 9 heteroatoms. The summed E-state index contributed by atoms with van der Waals surface area (Å²) < 4.78 is 38.5. The first kappa shape index (κ1) is 12.1. The average molecular weight is 261 g/mol. The highest BCUT2D eigenvalue weighted by Gasteiger charge is 2.36. The van der Waals surface area contributed by atoms with Crippen molar-refractivity contribution in [1.29, 1.82) is 0 Å². The quantitative estimate of drug-likeness (QED) is 0.803. The molecule has 0 atom stereocenters. The molecule has 2 N–H and O–H groups in total. The van der Waals surface area contributed by atoms with Crippen LogP contribution < -0.4 is 5.56 Å². The lowest BCUT2D eigenvalue weighted by atomic mass is 10.2. The van der Waals surface area contributed by atoms with Crippen molar-refractivity contribution in [2.75, 3.05) is 0 Å². The second kappa shape index (κ2) is 3.59. The third-order valence-electron chi connectivity index (χ3n) is 2.39. The van der Waals surface area contributed by atoms with E-state index in [1.807, 2.05) is 0 Å². The van der Waals surface area contributed by atoms with Gasteiger partial charge in [0.05, 0.1) is 0 Å². The number of fused-ring (bicyclic) bond motifs is 1. The van der Waals surface area contributed by atoms with Crippen molar-refractivity contribution in [2.45, 2.75) is 13.1 Å². The number of aromatic carboxylic acids is 1. The zero-order valence-corrected chi connectivity index (χ0v) is 8.87. The minimum Gasteiger partial charge on any atom is -0.477 e. The van der Waals surface area contributed by atoms with Gasteiger partial charge >= 0.3 is 12.1 Å². The number of aromatic amines is 1. The Balaban J connectivity index is 2.92. The minimum atomic E-state index is -4.81. The fourth-order valence-corrected chi connectivity index (χ4v) is 1.53. The van der Waals surface area contributed by atoms with Gasteiger partial charge < -0.3 is 5.11 Å². The summed E-state index contributed by atoms with van der Waals surface area (Å²) in [7, 11) is 0. The molecule has 2 rings (SSSR count). The summed E-state index contributed by atoms with van der Waals surface area (Å²) in [5.41, 5.74) is -4.03. The van der Waals surface area contributed by atoms with Gasteiger partial charge in [0.25, 0.3) is 5.56 Å². The average Bonchev–Trinajstić information content (AvgIpc) is 2.65. The molecule has 96 valence electrons. The SMILES string of the molecule is Cc1c(C(F)(F)F)nc2c(C(=O)O)c[nH]n2c1=O. The molecule has 0 aliphatic rings. The molecule has 0 saturated carbocycles. The number of hydrogen-bond acceptors (Lipinski definition) is 3. The summed E-state index contributed by atoms with van der Waals surface area (Å²) in [6, 6.07) is 0. The monoisotopic (exact) mass is 261 g/mol. The normalized spacial score (nSPS) is 12.0. The molecular formula is C9H6F3N3O3. The number of aromatic nitrogens is 3. The van der Waals surface area contributed by atoms with E-state index in [2.05, 4.69) is 10.1 Å². The first-order valence-corrected chi connectivity index (χ1v) is 4.64. The van der Waals surface area contributed by atoms with Gasteiger partial charge in [-0.05, 0) is 6.92 Å². The largest absolute Gasteiger partial charge is 0.477 e. The van der Waals surface area contributed by atoms with E-state index in [1.165, 1.54) is 0 Å². The topological polar surface area (TPSA) is 87.5 Å². The van der Waals surface area contributed by atoms with Crippen molar-refractivity contribution in [3.63, 3.8) is 0 Å². The molecule has 2 aromatic heterocycles. The highest BCUT2D eigenvalue weighted by Crippen LogP contribution is 2.29. The van der Waals surface area contributed by atoms with Gasteiger partial charge in [-0.25, -0.2) is 14.3 Å². The van der Waals surface area contributed by atoms with Crippen LogP contribution in [0.4, 0.5) is 13.2 Å². The third kappa shape index (κ3) is 1.63.